The molecule has 0 saturated heterocycles. The smallest absolute Gasteiger partial charge is 0.100 e. The van der Waals surface area contributed by atoms with Crippen LogP contribution >= 0.6 is 0 Å². The summed E-state index contributed by atoms with van der Waals surface area (Å²) in [6.07, 6.45) is 8.54. The highest BCUT2D eigenvalue weighted by molar-refractivity contribution is 5.83. The average molecular weight is 214 g/mol. The Morgan fingerprint density at radius 1 is 1.19 bits per heavy atom. The highest BCUT2D eigenvalue weighted by Crippen LogP contribution is 2.03. The third-order valence-electron chi connectivity index (χ3n) is 2.68. The molecule has 2 nitrogen and oxygen atoms in total. The molecule has 1 aromatic carbocycles. The third kappa shape index (κ3) is 3.54. The van der Waals surface area contributed by atoms with Crippen molar-refractivity contribution in [3.63, 3.8) is 0 Å². The summed E-state index contributed by atoms with van der Waals surface area (Å²) in [4.78, 5) is 4.55. The fourth-order valence-electron chi connectivity index (χ4n) is 1.80. The molecule has 0 bridgehead atoms. The van der Waals surface area contributed by atoms with E-state index in [1.54, 1.807) is 0 Å². The molecule has 0 saturated carbocycles. The van der Waals surface area contributed by atoms with E-state index >= 15 is 0 Å². The van der Waals surface area contributed by atoms with Crippen LogP contribution in [0, 0.1) is 0 Å². The Labute approximate surface area is 97.1 Å². The highest BCUT2D eigenvalue weighted by Gasteiger charge is 1.99. The molecular weight excluding hydrogens is 196 g/mol. The summed E-state index contributed by atoms with van der Waals surface area (Å²) in [7, 11) is 0. The summed E-state index contributed by atoms with van der Waals surface area (Å²) in [6.45, 7) is 0.922. The fourth-order valence-corrected chi connectivity index (χ4v) is 1.80. The van der Waals surface area contributed by atoms with Crippen LogP contribution in [0.15, 0.2) is 47.6 Å². The van der Waals surface area contributed by atoms with E-state index < -0.39 is 0 Å². The Bertz CT molecular complexity index is 366. The molecule has 0 spiro atoms. The number of hydrogen-bond acceptors (Lipinski definition) is 1. The van der Waals surface area contributed by atoms with Crippen LogP contribution in [-0.4, -0.2) is 12.4 Å². The summed E-state index contributed by atoms with van der Waals surface area (Å²) >= 11 is 0. The number of nitrogens with zero attached hydrogens (tertiary/aromatic N) is 1. The van der Waals surface area contributed by atoms with Gasteiger partial charge >= 0.3 is 0 Å². The molecule has 1 heterocycles. The van der Waals surface area contributed by atoms with Crippen LogP contribution in [0.5, 0.6) is 0 Å². The van der Waals surface area contributed by atoms with Gasteiger partial charge in [0.05, 0.1) is 0 Å². The lowest BCUT2D eigenvalue weighted by Gasteiger charge is -2.09. The summed E-state index contributed by atoms with van der Waals surface area (Å²) in [5.41, 5.74) is 1.40. The van der Waals surface area contributed by atoms with Gasteiger partial charge < -0.3 is 5.32 Å². The minimum atomic E-state index is 0.922. The Morgan fingerprint density at radius 2 is 2.06 bits per heavy atom. The molecule has 1 N–H and O–H groups in total. The second kappa shape index (κ2) is 6.11. The standard InChI is InChI=1S/C14H18N2/c1-2-7-13(8-3-1)9-6-12-16-14-10-4-5-11-15-14/h1-3,5,7-8,11H,4,6,9-10,12H2,(H,15,16). The van der Waals surface area contributed by atoms with E-state index in [4.69, 9.17) is 0 Å². The van der Waals surface area contributed by atoms with Gasteiger partial charge in [-0.2, -0.15) is 0 Å². The Morgan fingerprint density at radius 3 is 2.81 bits per heavy atom. The Hall–Kier alpha value is -1.57. The SMILES string of the molecule is C1=CNC(=NCCCc2ccccc2)CC1. The van der Waals surface area contributed by atoms with Crippen molar-refractivity contribution in [2.24, 2.45) is 4.99 Å². The minimum Gasteiger partial charge on any atom is -0.351 e. The predicted molar refractivity (Wildman–Crippen MR) is 68.6 cm³/mol. The lowest BCUT2D eigenvalue weighted by molar-refractivity contribution is 0.820. The molecule has 0 fully saturated rings. The molecule has 1 aliphatic heterocycles. The van der Waals surface area contributed by atoms with E-state index in [0.717, 1.165) is 38.1 Å². The van der Waals surface area contributed by atoms with Crippen molar-refractivity contribution < 1.29 is 0 Å². The lowest BCUT2D eigenvalue weighted by atomic mass is 10.1. The maximum atomic E-state index is 4.55. The quantitative estimate of drug-likeness (QED) is 0.766. The fraction of sp³-hybridized carbons (Fsp3) is 0.357. The number of amidine groups is 1. The van der Waals surface area contributed by atoms with E-state index in [1.807, 2.05) is 6.20 Å². The van der Waals surface area contributed by atoms with Crippen molar-refractivity contribution in [3.05, 3.63) is 48.2 Å². The van der Waals surface area contributed by atoms with Gasteiger partial charge in [0.2, 0.25) is 0 Å². The molecule has 0 aliphatic carbocycles. The van der Waals surface area contributed by atoms with Gasteiger partial charge in [0.15, 0.2) is 0 Å². The van der Waals surface area contributed by atoms with Gasteiger partial charge in [0, 0.05) is 13.0 Å². The van der Waals surface area contributed by atoms with Gasteiger partial charge in [0.1, 0.15) is 5.84 Å². The molecular formula is C14H18N2. The van der Waals surface area contributed by atoms with Crippen LogP contribution in [0.3, 0.4) is 0 Å². The van der Waals surface area contributed by atoms with Gasteiger partial charge in [-0.05, 0) is 31.0 Å². The Kier molecular flexibility index (Phi) is 4.17. The Balaban J connectivity index is 1.70. The van der Waals surface area contributed by atoms with Crippen LogP contribution in [0.1, 0.15) is 24.8 Å². The average Bonchev–Trinajstić information content (AvgIpc) is 2.37. The van der Waals surface area contributed by atoms with Crippen molar-refractivity contribution in [1.82, 2.24) is 5.32 Å². The van der Waals surface area contributed by atoms with Crippen molar-refractivity contribution in [1.29, 1.82) is 0 Å². The van der Waals surface area contributed by atoms with Gasteiger partial charge in [-0.1, -0.05) is 36.4 Å². The lowest BCUT2D eigenvalue weighted by Crippen LogP contribution is -2.20. The van der Waals surface area contributed by atoms with Gasteiger partial charge in [-0.3, -0.25) is 4.99 Å². The van der Waals surface area contributed by atoms with E-state index in [1.165, 1.54) is 5.56 Å². The van der Waals surface area contributed by atoms with Crippen LogP contribution in [-0.2, 0) is 6.42 Å². The number of allylic oxidation sites excluding steroid dienone is 1. The van der Waals surface area contributed by atoms with Gasteiger partial charge in [-0.25, -0.2) is 0 Å². The summed E-state index contributed by atoms with van der Waals surface area (Å²) in [5.74, 6) is 1.13. The van der Waals surface area contributed by atoms with E-state index in [9.17, 15) is 0 Å². The zero-order chi connectivity index (χ0) is 11.1. The van der Waals surface area contributed by atoms with Crippen molar-refractivity contribution in [3.8, 4) is 0 Å². The molecule has 0 amide bonds. The van der Waals surface area contributed by atoms with Gasteiger partial charge in [0.25, 0.3) is 0 Å². The first-order valence-electron chi connectivity index (χ1n) is 5.94. The molecule has 0 unspecified atom stereocenters. The maximum absolute atomic E-state index is 4.55. The van der Waals surface area contributed by atoms with E-state index in [0.29, 0.717) is 0 Å². The first-order valence-corrected chi connectivity index (χ1v) is 5.94. The first-order chi connectivity index (χ1) is 7.95. The molecule has 2 rings (SSSR count). The van der Waals surface area contributed by atoms with Crippen molar-refractivity contribution >= 4 is 5.84 Å². The zero-order valence-corrected chi connectivity index (χ0v) is 9.52. The number of aryl methyl sites for hydroxylation is 1. The third-order valence-corrected chi connectivity index (χ3v) is 2.68. The molecule has 84 valence electrons. The molecule has 16 heavy (non-hydrogen) atoms. The number of benzene rings is 1. The molecule has 1 aromatic rings. The van der Waals surface area contributed by atoms with Crippen molar-refractivity contribution in [2.45, 2.75) is 25.7 Å². The highest BCUT2D eigenvalue weighted by atomic mass is 15.0. The topological polar surface area (TPSA) is 24.4 Å². The number of aliphatic imine (C=N–C) groups is 1. The number of nitrogens with one attached hydrogen (secondary N) is 1. The minimum absolute atomic E-state index is 0.922. The molecule has 2 heteroatoms. The summed E-state index contributed by atoms with van der Waals surface area (Å²) in [6, 6.07) is 10.6. The molecule has 0 atom stereocenters. The van der Waals surface area contributed by atoms with Crippen LogP contribution < -0.4 is 5.32 Å². The van der Waals surface area contributed by atoms with E-state index in [2.05, 4.69) is 46.7 Å². The molecule has 0 aromatic heterocycles. The first kappa shape index (κ1) is 10.9. The number of hydrogen-bond donors (Lipinski definition) is 1. The summed E-state index contributed by atoms with van der Waals surface area (Å²) in [5, 5.41) is 3.19. The van der Waals surface area contributed by atoms with Crippen LogP contribution in [0.2, 0.25) is 0 Å². The normalized spacial score (nSPS) is 17.4. The largest absolute Gasteiger partial charge is 0.351 e. The zero-order valence-electron chi connectivity index (χ0n) is 9.52. The van der Waals surface area contributed by atoms with Crippen LogP contribution in [0.25, 0.3) is 0 Å². The molecule has 1 aliphatic rings. The monoisotopic (exact) mass is 214 g/mol. The second-order valence-corrected chi connectivity index (χ2v) is 4.00. The molecule has 0 radical (unpaired) electrons. The van der Waals surface area contributed by atoms with Crippen molar-refractivity contribution in [2.75, 3.05) is 6.54 Å². The maximum Gasteiger partial charge on any atom is 0.100 e. The second-order valence-electron chi connectivity index (χ2n) is 4.00. The summed E-state index contributed by atoms with van der Waals surface area (Å²) < 4.78 is 0. The van der Waals surface area contributed by atoms with Gasteiger partial charge in [-0.15, -0.1) is 0 Å². The van der Waals surface area contributed by atoms with Crippen LogP contribution in [0.4, 0.5) is 0 Å². The number of rotatable bonds is 4. The predicted octanol–water partition coefficient (Wildman–Crippen LogP) is 2.91. The van der Waals surface area contributed by atoms with E-state index in [-0.39, 0.29) is 0 Å².